The van der Waals surface area contributed by atoms with Crippen molar-refractivity contribution in [3.05, 3.63) is 58.6 Å². The zero-order valence-electron chi connectivity index (χ0n) is 11.9. The van der Waals surface area contributed by atoms with Crippen molar-refractivity contribution in [1.82, 2.24) is 5.32 Å². The standard InChI is InChI=1S/C16H17ClN2O2/c1-10(11-4-3-5-12(17)8-11)19-16(20)14-7-6-13(18)9-15(14)21-2/h3-10H,18H2,1-2H3,(H,19,20)/t10-/m1/s1. The number of methoxy groups -OCH3 is 1. The molecular weight excluding hydrogens is 288 g/mol. The Hall–Kier alpha value is -2.20. The molecule has 0 heterocycles. The van der Waals surface area contributed by atoms with Crippen LogP contribution < -0.4 is 15.8 Å². The van der Waals surface area contributed by atoms with Gasteiger partial charge in [0.1, 0.15) is 5.75 Å². The van der Waals surface area contributed by atoms with Crippen LogP contribution in [0.5, 0.6) is 5.75 Å². The fraction of sp³-hybridized carbons (Fsp3) is 0.188. The summed E-state index contributed by atoms with van der Waals surface area (Å²) in [6.07, 6.45) is 0. The molecule has 0 saturated heterocycles. The maximum absolute atomic E-state index is 12.3. The summed E-state index contributed by atoms with van der Waals surface area (Å²) in [5.41, 5.74) is 7.61. The van der Waals surface area contributed by atoms with E-state index in [0.717, 1.165) is 5.56 Å². The molecule has 0 aromatic heterocycles. The number of hydrogen-bond acceptors (Lipinski definition) is 3. The van der Waals surface area contributed by atoms with Crippen LogP contribution in [0.25, 0.3) is 0 Å². The zero-order chi connectivity index (χ0) is 15.4. The van der Waals surface area contributed by atoms with Crippen LogP contribution in [-0.4, -0.2) is 13.0 Å². The highest BCUT2D eigenvalue weighted by molar-refractivity contribution is 6.30. The predicted octanol–water partition coefficient (Wildman–Crippen LogP) is 3.42. The minimum absolute atomic E-state index is 0.168. The van der Waals surface area contributed by atoms with Gasteiger partial charge in [-0.1, -0.05) is 23.7 Å². The van der Waals surface area contributed by atoms with Crippen molar-refractivity contribution in [3.63, 3.8) is 0 Å². The van der Waals surface area contributed by atoms with Gasteiger partial charge in [0.2, 0.25) is 0 Å². The number of hydrogen-bond donors (Lipinski definition) is 2. The molecule has 110 valence electrons. The molecule has 2 aromatic carbocycles. The Morgan fingerprint density at radius 3 is 2.71 bits per heavy atom. The number of nitrogens with two attached hydrogens (primary N) is 1. The number of halogens is 1. The van der Waals surface area contributed by atoms with Crippen LogP contribution in [0.4, 0.5) is 5.69 Å². The second-order valence-electron chi connectivity index (χ2n) is 4.71. The van der Waals surface area contributed by atoms with E-state index in [4.69, 9.17) is 22.1 Å². The molecule has 2 aromatic rings. The van der Waals surface area contributed by atoms with E-state index in [2.05, 4.69) is 5.32 Å². The van der Waals surface area contributed by atoms with Gasteiger partial charge in [-0.2, -0.15) is 0 Å². The topological polar surface area (TPSA) is 64.3 Å². The van der Waals surface area contributed by atoms with E-state index in [0.29, 0.717) is 22.0 Å². The fourth-order valence-electron chi connectivity index (χ4n) is 2.03. The first kappa shape index (κ1) is 15.2. The van der Waals surface area contributed by atoms with Gasteiger partial charge in [0.05, 0.1) is 18.7 Å². The van der Waals surface area contributed by atoms with Crippen LogP contribution in [0, 0.1) is 0 Å². The number of nitrogen functional groups attached to an aromatic ring is 1. The monoisotopic (exact) mass is 304 g/mol. The Balaban J connectivity index is 2.18. The first-order chi connectivity index (χ1) is 10.0. The highest BCUT2D eigenvalue weighted by Gasteiger charge is 2.15. The maximum Gasteiger partial charge on any atom is 0.255 e. The molecule has 5 heteroatoms. The van der Waals surface area contributed by atoms with E-state index < -0.39 is 0 Å². The van der Waals surface area contributed by atoms with Gasteiger partial charge in [0, 0.05) is 16.8 Å². The number of carbonyl (C=O) groups is 1. The summed E-state index contributed by atoms with van der Waals surface area (Å²) in [6, 6.07) is 12.2. The largest absolute Gasteiger partial charge is 0.496 e. The number of benzene rings is 2. The molecule has 0 unspecified atom stereocenters. The molecule has 4 nitrogen and oxygen atoms in total. The summed E-state index contributed by atoms with van der Waals surface area (Å²) in [6.45, 7) is 1.90. The molecule has 0 aliphatic carbocycles. The lowest BCUT2D eigenvalue weighted by molar-refractivity contribution is 0.0937. The molecule has 0 radical (unpaired) electrons. The van der Waals surface area contributed by atoms with Gasteiger partial charge in [-0.15, -0.1) is 0 Å². The van der Waals surface area contributed by atoms with Crippen molar-refractivity contribution in [1.29, 1.82) is 0 Å². The lowest BCUT2D eigenvalue weighted by Gasteiger charge is -2.16. The first-order valence-corrected chi connectivity index (χ1v) is 6.89. The number of ether oxygens (including phenoxy) is 1. The molecule has 21 heavy (non-hydrogen) atoms. The van der Waals surface area contributed by atoms with Crippen molar-refractivity contribution >= 4 is 23.2 Å². The normalized spacial score (nSPS) is 11.8. The van der Waals surface area contributed by atoms with Crippen LogP contribution in [0.1, 0.15) is 28.9 Å². The van der Waals surface area contributed by atoms with E-state index in [1.807, 2.05) is 25.1 Å². The smallest absolute Gasteiger partial charge is 0.255 e. The van der Waals surface area contributed by atoms with Gasteiger partial charge in [-0.05, 0) is 36.8 Å². The summed E-state index contributed by atoms with van der Waals surface area (Å²) in [7, 11) is 1.51. The highest BCUT2D eigenvalue weighted by Crippen LogP contribution is 2.23. The average Bonchev–Trinajstić information content (AvgIpc) is 2.46. The van der Waals surface area contributed by atoms with Crippen LogP contribution in [0.2, 0.25) is 5.02 Å². The summed E-state index contributed by atoms with van der Waals surface area (Å²) >= 11 is 5.96. The molecule has 0 fully saturated rings. The van der Waals surface area contributed by atoms with Crippen molar-refractivity contribution in [2.45, 2.75) is 13.0 Å². The van der Waals surface area contributed by atoms with Crippen molar-refractivity contribution < 1.29 is 9.53 Å². The molecule has 0 saturated carbocycles. The molecule has 0 aliphatic rings. The van der Waals surface area contributed by atoms with Crippen LogP contribution in [-0.2, 0) is 0 Å². The number of amides is 1. The Labute approximate surface area is 128 Å². The average molecular weight is 305 g/mol. The minimum atomic E-state index is -0.223. The van der Waals surface area contributed by atoms with Crippen molar-refractivity contribution in [2.75, 3.05) is 12.8 Å². The molecule has 0 aliphatic heterocycles. The highest BCUT2D eigenvalue weighted by atomic mass is 35.5. The van der Waals surface area contributed by atoms with Gasteiger partial charge in [0.25, 0.3) is 5.91 Å². The van der Waals surface area contributed by atoms with Crippen LogP contribution in [0.15, 0.2) is 42.5 Å². The molecular formula is C16H17ClN2O2. The quantitative estimate of drug-likeness (QED) is 0.851. The summed E-state index contributed by atoms with van der Waals surface area (Å²) < 4.78 is 5.19. The number of nitrogens with one attached hydrogen (secondary N) is 1. The zero-order valence-corrected chi connectivity index (χ0v) is 12.6. The first-order valence-electron chi connectivity index (χ1n) is 6.51. The number of carbonyl (C=O) groups excluding carboxylic acids is 1. The molecule has 1 atom stereocenters. The second kappa shape index (κ2) is 6.50. The van der Waals surface area contributed by atoms with Gasteiger partial charge in [-0.3, -0.25) is 4.79 Å². The van der Waals surface area contributed by atoms with E-state index in [9.17, 15) is 4.79 Å². The van der Waals surface area contributed by atoms with Gasteiger partial charge >= 0.3 is 0 Å². The van der Waals surface area contributed by atoms with E-state index in [1.54, 1.807) is 24.3 Å². The molecule has 0 bridgehead atoms. The van der Waals surface area contributed by atoms with E-state index >= 15 is 0 Å². The maximum atomic E-state index is 12.3. The Kier molecular flexibility index (Phi) is 4.70. The predicted molar refractivity (Wildman–Crippen MR) is 84.7 cm³/mol. The van der Waals surface area contributed by atoms with Gasteiger partial charge < -0.3 is 15.8 Å². The Morgan fingerprint density at radius 2 is 2.05 bits per heavy atom. The molecule has 1 amide bonds. The van der Waals surface area contributed by atoms with Crippen molar-refractivity contribution in [2.24, 2.45) is 0 Å². The third kappa shape index (κ3) is 3.67. The lowest BCUT2D eigenvalue weighted by atomic mass is 10.1. The van der Waals surface area contributed by atoms with Gasteiger partial charge in [0.15, 0.2) is 0 Å². The Morgan fingerprint density at radius 1 is 1.29 bits per heavy atom. The summed E-state index contributed by atoms with van der Waals surface area (Å²) in [5.74, 6) is 0.227. The van der Waals surface area contributed by atoms with E-state index in [1.165, 1.54) is 7.11 Å². The number of rotatable bonds is 4. The molecule has 3 N–H and O–H groups in total. The minimum Gasteiger partial charge on any atom is -0.496 e. The third-order valence-corrected chi connectivity index (χ3v) is 3.40. The second-order valence-corrected chi connectivity index (χ2v) is 5.15. The van der Waals surface area contributed by atoms with E-state index in [-0.39, 0.29) is 11.9 Å². The van der Waals surface area contributed by atoms with Gasteiger partial charge in [-0.25, -0.2) is 0 Å². The van der Waals surface area contributed by atoms with Crippen LogP contribution >= 0.6 is 11.6 Å². The fourth-order valence-corrected chi connectivity index (χ4v) is 2.23. The Bertz CT molecular complexity index is 658. The lowest BCUT2D eigenvalue weighted by Crippen LogP contribution is -2.27. The summed E-state index contributed by atoms with van der Waals surface area (Å²) in [4.78, 5) is 12.3. The molecule has 2 rings (SSSR count). The van der Waals surface area contributed by atoms with Crippen LogP contribution in [0.3, 0.4) is 0 Å². The van der Waals surface area contributed by atoms with Crippen molar-refractivity contribution in [3.8, 4) is 5.75 Å². The molecule has 0 spiro atoms. The third-order valence-electron chi connectivity index (χ3n) is 3.17. The number of anilines is 1. The summed E-state index contributed by atoms with van der Waals surface area (Å²) in [5, 5.41) is 3.55. The SMILES string of the molecule is COc1cc(N)ccc1C(=O)N[C@H](C)c1cccc(Cl)c1.